The van der Waals surface area contributed by atoms with Crippen LogP contribution in [0.2, 0.25) is 0 Å². The Bertz CT molecular complexity index is 2110. The highest BCUT2D eigenvalue weighted by Gasteiger charge is 2.18. The molecule has 0 aliphatic carbocycles. The molecule has 3 amide bonds. The molecule has 0 aliphatic heterocycles. The molecule has 0 radical (unpaired) electrons. The number of hydrogen-bond donors (Lipinski definition) is 3. The van der Waals surface area contributed by atoms with Crippen LogP contribution in [-0.2, 0) is 9.59 Å². The number of methoxy groups -OCH3 is 1. The first-order valence-corrected chi connectivity index (χ1v) is 16.5. The van der Waals surface area contributed by atoms with Gasteiger partial charge in [0.25, 0.3) is 11.8 Å². The minimum absolute atomic E-state index is 0.104. The van der Waals surface area contributed by atoms with Gasteiger partial charge in [-0.2, -0.15) is 0 Å². The average molecular weight is 659 g/mol. The van der Waals surface area contributed by atoms with Crippen LogP contribution in [0.1, 0.15) is 22.8 Å². The van der Waals surface area contributed by atoms with Crippen LogP contribution in [0.5, 0.6) is 5.75 Å². The number of nitrogens with one attached hydrogen (secondary N) is 3. The Balaban J connectivity index is 1.14. The minimum atomic E-state index is -0.469. The van der Waals surface area contributed by atoms with Crippen LogP contribution in [0, 0.1) is 0 Å². The predicted octanol–water partition coefficient (Wildman–Crippen LogP) is 7.99. The van der Waals surface area contributed by atoms with Crippen molar-refractivity contribution in [3.63, 3.8) is 0 Å². The number of nitrogens with zero attached hydrogens (tertiary/aromatic N) is 1. The normalized spacial score (nSPS) is 12.0. The molecular formula is C37H30N4O4S2. The molecule has 47 heavy (non-hydrogen) atoms. The fourth-order valence-electron chi connectivity index (χ4n) is 4.84. The van der Waals surface area contributed by atoms with Gasteiger partial charge in [0.2, 0.25) is 5.91 Å². The van der Waals surface area contributed by atoms with E-state index in [0.29, 0.717) is 16.4 Å². The molecule has 1 atom stereocenters. The fourth-order valence-corrected chi connectivity index (χ4v) is 6.60. The van der Waals surface area contributed by atoms with E-state index in [2.05, 4.69) is 20.9 Å². The third-order valence-electron chi connectivity index (χ3n) is 7.27. The Morgan fingerprint density at radius 3 is 2.38 bits per heavy atom. The van der Waals surface area contributed by atoms with Crippen LogP contribution < -0.4 is 20.7 Å². The van der Waals surface area contributed by atoms with Crippen molar-refractivity contribution in [3.8, 4) is 5.75 Å². The van der Waals surface area contributed by atoms with Crippen LogP contribution >= 0.6 is 23.1 Å². The van der Waals surface area contributed by atoms with Crippen LogP contribution in [0.3, 0.4) is 0 Å². The molecule has 0 bridgehead atoms. The molecule has 10 heteroatoms. The van der Waals surface area contributed by atoms with Gasteiger partial charge in [-0.25, -0.2) is 4.98 Å². The molecule has 1 aromatic heterocycles. The smallest absolute Gasteiger partial charge is 0.272 e. The molecule has 1 heterocycles. The zero-order valence-corrected chi connectivity index (χ0v) is 27.2. The standard InChI is InChI=1S/C37H30N4O4S2/c1-23(34(42)41-37-40-31-20-17-28(45-2)22-33(31)47-37)46-29-18-15-27(16-19-29)38-36(44)32(39-35(43)25-10-4-3-5-11-25)21-26-13-8-12-24-9-6-7-14-30(24)26/h3-23H,1-2H3,(H,38,44)(H,39,43)(H,40,41,42)/b32-21-. The number of anilines is 2. The van der Waals surface area contributed by atoms with E-state index in [9.17, 15) is 14.4 Å². The summed E-state index contributed by atoms with van der Waals surface area (Å²) in [5.41, 5.74) is 2.67. The van der Waals surface area contributed by atoms with Gasteiger partial charge in [-0.15, -0.1) is 11.8 Å². The van der Waals surface area contributed by atoms with E-state index in [1.54, 1.807) is 49.6 Å². The van der Waals surface area contributed by atoms with E-state index < -0.39 is 17.1 Å². The maximum atomic E-state index is 13.6. The van der Waals surface area contributed by atoms with Gasteiger partial charge in [-0.1, -0.05) is 72.0 Å². The number of benzene rings is 5. The number of carbonyl (C=O) groups is 3. The molecule has 0 saturated carbocycles. The summed E-state index contributed by atoms with van der Waals surface area (Å²) >= 11 is 2.78. The summed E-state index contributed by atoms with van der Waals surface area (Å²) in [6.07, 6.45) is 1.69. The SMILES string of the molecule is COc1ccc2nc(NC(=O)C(C)Sc3ccc(NC(=O)/C(=C/c4cccc5ccccc45)NC(=O)c4ccccc4)cc3)sc2c1. The molecular weight excluding hydrogens is 629 g/mol. The molecule has 0 spiro atoms. The molecule has 6 aromatic rings. The number of fused-ring (bicyclic) bond motifs is 2. The summed E-state index contributed by atoms with van der Waals surface area (Å²) in [5.74, 6) is -0.298. The van der Waals surface area contributed by atoms with Gasteiger partial charge in [0.05, 0.1) is 22.6 Å². The van der Waals surface area contributed by atoms with E-state index in [1.807, 2.05) is 85.8 Å². The Kier molecular flexibility index (Phi) is 9.61. The van der Waals surface area contributed by atoms with Gasteiger partial charge in [0.1, 0.15) is 11.4 Å². The van der Waals surface area contributed by atoms with Crippen molar-refractivity contribution in [2.45, 2.75) is 17.1 Å². The predicted molar refractivity (Wildman–Crippen MR) is 191 cm³/mol. The molecule has 3 N–H and O–H groups in total. The first kappa shape index (κ1) is 31.5. The molecule has 234 valence electrons. The van der Waals surface area contributed by atoms with Crippen LogP contribution in [0.15, 0.2) is 126 Å². The minimum Gasteiger partial charge on any atom is -0.497 e. The van der Waals surface area contributed by atoms with Crippen molar-refractivity contribution in [2.24, 2.45) is 0 Å². The number of amides is 3. The van der Waals surface area contributed by atoms with Gasteiger partial charge in [-0.3, -0.25) is 14.4 Å². The Hall–Kier alpha value is -5.45. The zero-order chi connectivity index (χ0) is 32.8. The van der Waals surface area contributed by atoms with Crippen LogP contribution in [0.4, 0.5) is 10.8 Å². The van der Waals surface area contributed by atoms with Crippen LogP contribution in [0.25, 0.3) is 27.1 Å². The zero-order valence-electron chi connectivity index (χ0n) is 25.5. The monoisotopic (exact) mass is 658 g/mol. The van der Waals surface area contributed by atoms with Gasteiger partial charge < -0.3 is 20.7 Å². The van der Waals surface area contributed by atoms with Crippen molar-refractivity contribution >= 4 is 78.7 Å². The topological polar surface area (TPSA) is 109 Å². The lowest BCUT2D eigenvalue weighted by Crippen LogP contribution is -2.30. The number of thiazole rings is 1. The van der Waals surface area contributed by atoms with Gasteiger partial charge in [0.15, 0.2) is 5.13 Å². The number of aromatic nitrogens is 1. The molecule has 5 aromatic carbocycles. The highest BCUT2D eigenvalue weighted by atomic mass is 32.2. The largest absolute Gasteiger partial charge is 0.497 e. The lowest BCUT2D eigenvalue weighted by molar-refractivity contribution is -0.115. The molecule has 0 aliphatic rings. The number of hydrogen-bond acceptors (Lipinski definition) is 7. The third kappa shape index (κ3) is 7.69. The third-order valence-corrected chi connectivity index (χ3v) is 9.32. The van der Waals surface area contributed by atoms with E-state index >= 15 is 0 Å². The lowest BCUT2D eigenvalue weighted by Gasteiger charge is -2.13. The maximum Gasteiger partial charge on any atom is 0.272 e. The maximum absolute atomic E-state index is 13.6. The summed E-state index contributed by atoms with van der Waals surface area (Å²) in [7, 11) is 1.61. The second-order valence-corrected chi connectivity index (χ2v) is 13.0. The molecule has 0 fully saturated rings. The van der Waals surface area contributed by atoms with Gasteiger partial charge in [0, 0.05) is 16.1 Å². The number of thioether (sulfide) groups is 1. The molecule has 8 nitrogen and oxygen atoms in total. The summed E-state index contributed by atoms with van der Waals surface area (Å²) in [5, 5.41) is 10.7. The second-order valence-electron chi connectivity index (χ2n) is 10.5. The Morgan fingerprint density at radius 2 is 1.60 bits per heavy atom. The molecule has 1 unspecified atom stereocenters. The van der Waals surface area contributed by atoms with E-state index in [0.717, 1.165) is 37.2 Å². The van der Waals surface area contributed by atoms with Gasteiger partial charge in [-0.05, 0) is 83.9 Å². The van der Waals surface area contributed by atoms with Gasteiger partial charge >= 0.3 is 0 Å². The van der Waals surface area contributed by atoms with Crippen molar-refractivity contribution in [3.05, 3.63) is 132 Å². The highest BCUT2D eigenvalue weighted by molar-refractivity contribution is 8.00. The van der Waals surface area contributed by atoms with Crippen molar-refractivity contribution in [2.75, 3.05) is 17.7 Å². The Morgan fingerprint density at radius 1 is 0.851 bits per heavy atom. The first-order chi connectivity index (χ1) is 22.9. The summed E-state index contributed by atoms with van der Waals surface area (Å²) in [6, 6.07) is 35.2. The number of rotatable bonds is 10. The fraction of sp³-hybridized carbons (Fsp3) is 0.0811. The Labute approximate surface area is 279 Å². The van der Waals surface area contributed by atoms with E-state index in [4.69, 9.17) is 4.74 Å². The second kappa shape index (κ2) is 14.3. The van der Waals surface area contributed by atoms with Crippen molar-refractivity contribution in [1.82, 2.24) is 10.3 Å². The first-order valence-electron chi connectivity index (χ1n) is 14.8. The quantitative estimate of drug-likeness (QED) is 0.102. The number of carbonyl (C=O) groups excluding carboxylic acids is 3. The summed E-state index contributed by atoms with van der Waals surface area (Å²) < 4.78 is 6.20. The van der Waals surface area contributed by atoms with E-state index in [1.165, 1.54) is 23.1 Å². The molecule has 6 rings (SSSR count). The average Bonchev–Trinajstić information content (AvgIpc) is 3.50. The number of ether oxygens (including phenoxy) is 1. The van der Waals surface area contributed by atoms with Crippen LogP contribution in [-0.4, -0.2) is 35.1 Å². The highest BCUT2D eigenvalue weighted by Crippen LogP contribution is 2.31. The summed E-state index contributed by atoms with van der Waals surface area (Å²) in [6.45, 7) is 1.83. The van der Waals surface area contributed by atoms with Crippen molar-refractivity contribution < 1.29 is 19.1 Å². The molecule has 0 saturated heterocycles. The lowest BCUT2D eigenvalue weighted by atomic mass is 10.0. The van der Waals surface area contributed by atoms with Crippen molar-refractivity contribution in [1.29, 1.82) is 0 Å². The van der Waals surface area contributed by atoms with E-state index in [-0.39, 0.29) is 11.6 Å². The summed E-state index contributed by atoms with van der Waals surface area (Å²) in [4.78, 5) is 44.9.